The number of benzene rings is 1. The summed E-state index contributed by atoms with van der Waals surface area (Å²) in [5, 5.41) is 13.4. The molecule has 0 unspecified atom stereocenters. The van der Waals surface area contributed by atoms with E-state index in [-0.39, 0.29) is 17.3 Å². The third kappa shape index (κ3) is 3.18. The Morgan fingerprint density at radius 1 is 1.35 bits per heavy atom. The molecule has 1 heterocycles. The van der Waals surface area contributed by atoms with E-state index in [9.17, 15) is 14.9 Å². The molecule has 0 spiro atoms. The van der Waals surface area contributed by atoms with Crippen LogP contribution in [0.5, 0.6) is 0 Å². The van der Waals surface area contributed by atoms with Crippen LogP contribution in [0.2, 0.25) is 0 Å². The normalized spacial score (nSPS) is 10.1. The molecule has 1 aromatic heterocycles. The van der Waals surface area contributed by atoms with Crippen molar-refractivity contribution >= 4 is 33.2 Å². The first-order valence-corrected chi connectivity index (χ1v) is 6.45. The van der Waals surface area contributed by atoms with Gasteiger partial charge in [-0.05, 0) is 47.1 Å². The van der Waals surface area contributed by atoms with Gasteiger partial charge in [0.1, 0.15) is 10.3 Å². The van der Waals surface area contributed by atoms with Gasteiger partial charge < -0.3 is 5.32 Å². The number of aryl methyl sites for hydroxylation is 1. The SMILES string of the molecule is Cc1cc(NC(=O)c2cccc(Br)n2)ccc1[N+](=O)[O-]. The highest BCUT2D eigenvalue weighted by Gasteiger charge is 2.12. The Kier molecular flexibility index (Phi) is 4.09. The minimum Gasteiger partial charge on any atom is -0.321 e. The molecule has 7 heteroatoms. The Balaban J connectivity index is 2.20. The lowest BCUT2D eigenvalue weighted by atomic mass is 10.2. The van der Waals surface area contributed by atoms with Gasteiger partial charge in [0.25, 0.3) is 11.6 Å². The molecule has 0 aliphatic carbocycles. The third-order valence-electron chi connectivity index (χ3n) is 2.60. The summed E-state index contributed by atoms with van der Waals surface area (Å²) in [4.78, 5) is 26.3. The Bertz CT molecular complexity index is 688. The Hall–Kier alpha value is -2.28. The van der Waals surface area contributed by atoms with Crippen LogP contribution >= 0.6 is 15.9 Å². The number of nitrogens with one attached hydrogen (secondary N) is 1. The van der Waals surface area contributed by atoms with Crippen LogP contribution in [0.15, 0.2) is 41.0 Å². The number of aromatic nitrogens is 1. The number of nitro benzene ring substituents is 1. The van der Waals surface area contributed by atoms with Crippen molar-refractivity contribution < 1.29 is 9.72 Å². The predicted octanol–water partition coefficient (Wildman–Crippen LogP) is 3.31. The molecule has 1 aromatic carbocycles. The molecule has 0 radical (unpaired) electrons. The number of rotatable bonds is 3. The highest BCUT2D eigenvalue weighted by atomic mass is 79.9. The van der Waals surface area contributed by atoms with E-state index in [0.717, 1.165) is 0 Å². The second-order valence-corrected chi connectivity index (χ2v) is 4.87. The number of carbonyl (C=O) groups excluding carboxylic acids is 1. The molecule has 0 atom stereocenters. The van der Waals surface area contributed by atoms with Crippen molar-refractivity contribution in [2.45, 2.75) is 6.92 Å². The highest BCUT2D eigenvalue weighted by molar-refractivity contribution is 9.10. The van der Waals surface area contributed by atoms with Gasteiger partial charge in [-0.3, -0.25) is 14.9 Å². The van der Waals surface area contributed by atoms with E-state index in [4.69, 9.17) is 0 Å². The minimum absolute atomic E-state index is 0.0172. The molecule has 1 N–H and O–H groups in total. The van der Waals surface area contributed by atoms with E-state index < -0.39 is 4.92 Å². The summed E-state index contributed by atoms with van der Waals surface area (Å²) in [6, 6.07) is 9.40. The summed E-state index contributed by atoms with van der Waals surface area (Å²) in [6.45, 7) is 1.62. The largest absolute Gasteiger partial charge is 0.321 e. The molecule has 2 aromatic rings. The van der Waals surface area contributed by atoms with Crippen molar-refractivity contribution in [2.24, 2.45) is 0 Å². The number of hydrogen-bond acceptors (Lipinski definition) is 4. The fourth-order valence-corrected chi connectivity index (χ4v) is 2.01. The van der Waals surface area contributed by atoms with Crippen molar-refractivity contribution in [1.82, 2.24) is 4.98 Å². The molecule has 0 bridgehead atoms. The maximum absolute atomic E-state index is 12.0. The molecule has 0 aliphatic rings. The summed E-state index contributed by atoms with van der Waals surface area (Å²) >= 11 is 3.19. The lowest BCUT2D eigenvalue weighted by Crippen LogP contribution is -2.13. The molecular weight excluding hydrogens is 326 g/mol. The number of nitro groups is 1. The van der Waals surface area contributed by atoms with Crippen molar-refractivity contribution in [3.05, 3.63) is 62.4 Å². The summed E-state index contributed by atoms with van der Waals surface area (Å²) in [7, 11) is 0. The quantitative estimate of drug-likeness (QED) is 0.529. The van der Waals surface area contributed by atoms with Crippen LogP contribution < -0.4 is 5.32 Å². The zero-order valence-corrected chi connectivity index (χ0v) is 12.0. The van der Waals surface area contributed by atoms with Gasteiger partial charge in [0.05, 0.1) is 4.92 Å². The monoisotopic (exact) mass is 335 g/mol. The van der Waals surface area contributed by atoms with Crippen molar-refractivity contribution in [1.29, 1.82) is 0 Å². The first-order valence-electron chi connectivity index (χ1n) is 5.66. The summed E-state index contributed by atoms with van der Waals surface area (Å²) in [5.41, 5.74) is 1.24. The van der Waals surface area contributed by atoms with Crippen molar-refractivity contribution in [3.8, 4) is 0 Å². The molecular formula is C13H10BrN3O3. The van der Waals surface area contributed by atoms with Gasteiger partial charge in [-0.2, -0.15) is 0 Å². The van der Waals surface area contributed by atoms with Gasteiger partial charge in [-0.25, -0.2) is 4.98 Å². The molecule has 6 nitrogen and oxygen atoms in total. The Morgan fingerprint density at radius 2 is 2.10 bits per heavy atom. The lowest BCUT2D eigenvalue weighted by Gasteiger charge is -2.06. The number of anilines is 1. The van der Waals surface area contributed by atoms with E-state index in [1.807, 2.05) is 0 Å². The standard InChI is InChI=1S/C13H10BrN3O3/c1-8-7-9(5-6-11(8)17(19)20)15-13(18)10-3-2-4-12(14)16-10/h2-7H,1H3,(H,15,18). The number of amides is 1. The highest BCUT2D eigenvalue weighted by Crippen LogP contribution is 2.21. The zero-order valence-electron chi connectivity index (χ0n) is 10.5. The minimum atomic E-state index is -0.462. The summed E-state index contributed by atoms with van der Waals surface area (Å²) < 4.78 is 0.560. The van der Waals surface area contributed by atoms with Crippen molar-refractivity contribution in [2.75, 3.05) is 5.32 Å². The van der Waals surface area contributed by atoms with Crippen LogP contribution in [0.1, 0.15) is 16.1 Å². The Morgan fingerprint density at radius 3 is 2.70 bits per heavy atom. The molecule has 0 fully saturated rings. The van der Waals surface area contributed by atoms with Crippen molar-refractivity contribution in [3.63, 3.8) is 0 Å². The molecule has 0 aliphatic heterocycles. The van der Waals surface area contributed by atoms with E-state index in [1.165, 1.54) is 12.1 Å². The second-order valence-electron chi connectivity index (χ2n) is 4.06. The molecule has 102 valence electrons. The van der Waals surface area contributed by atoms with Gasteiger partial charge in [-0.15, -0.1) is 0 Å². The molecule has 1 amide bonds. The van der Waals surface area contributed by atoms with Crippen LogP contribution in [-0.2, 0) is 0 Å². The van der Waals surface area contributed by atoms with Gasteiger partial charge in [-0.1, -0.05) is 6.07 Å². The maximum Gasteiger partial charge on any atom is 0.274 e. The van der Waals surface area contributed by atoms with E-state index in [0.29, 0.717) is 15.9 Å². The molecule has 0 saturated carbocycles. The first kappa shape index (κ1) is 14.1. The van der Waals surface area contributed by atoms with Crippen LogP contribution in [0.25, 0.3) is 0 Å². The average Bonchev–Trinajstić information content (AvgIpc) is 2.38. The maximum atomic E-state index is 12.0. The molecule has 20 heavy (non-hydrogen) atoms. The van der Waals surface area contributed by atoms with Crippen LogP contribution in [0.4, 0.5) is 11.4 Å². The van der Waals surface area contributed by atoms with Gasteiger partial charge in [0, 0.05) is 17.3 Å². The van der Waals surface area contributed by atoms with Gasteiger partial charge in [0.2, 0.25) is 0 Å². The van der Waals surface area contributed by atoms with Gasteiger partial charge >= 0.3 is 0 Å². The summed E-state index contributed by atoms with van der Waals surface area (Å²) in [6.07, 6.45) is 0. The van der Waals surface area contributed by atoms with Gasteiger partial charge in [0.15, 0.2) is 0 Å². The first-order chi connectivity index (χ1) is 9.47. The average molecular weight is 336 g/mol. The number of halogens is 1. The number of pyridine rings is 1. The topological polar surface area (TPSA) is 85.1 Å². The number of carbonyl (C=O) groups is 1. The van der Waals surface area contributed by atoms with E-state index >= 15 is 0 Å². The van der Waals surface area contributed by atoms with Crippen LogP contribution in [-0.4, -0.2) is 15.8 Å². The second kappa shape index (κ2) is 5.79. The summed E-state index contributed by atoms with van der Waals surface area (Å²) in [5.74, 6) is -0.375. The lowest BCUT2D eigenvalue weighted by molar-refractivity contribution is -0.385. The van der Waals surface area contributed by atoms with E-state index in [2.05, 4.69) is 26.2 Å². The fourth-order valence-electron chi connectivity index (χ4n) is 1.67. The van der Waals surface area contributed by atoms with E-state index in [1.54, 1.807) is 31.2 Å². The Labute approximate surface area is 123 Å². The number of hydrogen-bond donors (Lipinski definition) is 1. The fraction of sp³-hybridized carbons (Fsp3) is 0.0769. The zero-order chi connectivity index (χ0) is 14.7. The smallest absolute Gasteiger partial charge is 0.274 e. The molecule has 0 saturated heterocycles. The number of nitrogens with zero attached hydrogens (tertiary/aromatic N) is 2. The van der Waals surface area contributed by atoms with Crippen LogP contribution in [0.3, 0.4) is 0 Å². The third-order valence-corrected chi connectivity index (χ3v) is 3.04. The molecule has 2 rings (SSSR count). The predicted molar refractivity (Wildman–Crippen MR) is 77.7 cm³/mol. The van der Waals surface area contributed by atoms with Crippen LogP contribution in [0, 0.1) is 17.0 Å².